The summed E-state index contributed by atoms with van der Waals surface area (Å²) in [5.74, 6) is -0.445. The first-order valence-corrected chi connectivity index (χ1v) is 11.8. The highest BCUT2D eigenvalue weighted by Crippen LogP contribution is 2.37. The molecule has 1 aromatic carbocycles. The van der Waals surface area contributed by atoms with E-state index in [1.165, 1.54) is 16.4 Å². The normalized spacial score (nSPS) is 20.3. The topological polar surface area (TPSA) is 125 Å². The minimum Gasteiger partial charge on any atom is -0.482 e. The Morgan fingerprint density at radius 1 is 1.23 bits per heavy atom. The summed E-state index contributed by atoms with van der Waals surface area (Å²) in [4.78, 5) is 37.4. The average molecular weight is 471 g/mol. The van der Waals surface area contributed by atoms with Gasteiger partial charge in [-0.2, -0.15) is 4.31 Å². The van der Waals surface area contributed by atoms with Gasteiger partial charge < -0.3 is 20.3 Å². The molecule has 1 atom stereocenters. The molecule has 12 heteroatoms. The summed E-state index contributed by atoms with van der Waals surface area (Å²) < 4.78 is 32.8. The largest absolute Gasteiger partial charge is 0.482 e. The van der Waals surface area contributed by atoms with Crippen molar-refractivity contribution >= 4 is 45.0 Å². The van der Waals surface area contributed by atoms with E-state index in [1.807, 2.05) is 0 Å². The quantitative estimate of drug-likeness (QED) is 0.642. The molecular formula is C19H23ClN4O6S. The maximum atomic E-state index is 13.1. The molecule has 2 N–H and O–H groups in total. The van der Waals surface area contributed by atoms with Crippen LogP contribution in [0.2, 0.25) is 5.02 Å². The van der Waals surface area contributed by atoms with Gasteiger partial charge in [-0.05, 0) is 25.8 Å². The fourth-order valence-electron chi connectivity index (χ4n) is 3.58. The lowest BCUT2D eigenvalue weighted by molar-refractivity contribution is -0.137. The number of ether oxygens (including phenoxy) is 1. The van der Waals surface area contributed by atoms with E-state index >= 15 is 0 Å². The van der Waals surface area contributed by atoms with Crippen LogP contribution in [0.1, 0.15) is 19.8 Å². The molecule has 0 aromatic heterocycles. The number of benzene rings is 1. The molecule has 31 heavy (non-hydrogen) atoms. The smallest absolute Gasteiger partial charge is 0.262 e. The molecule has 1 saturated carbocycles. The van der Waals surface area contributed by atoms with E-state index in [2.05, 4.69) is 10.6 Å². The number of piperazine rings is 1. The molecule has 168 valence electrons. The highest BCUT2D eigenvalue weighted by molar-refractivity contribution is 7.89. The Morgan fingerprint density at radius 2 is 1.90 bits per heavy atom. The van der Waals surface area contributed by atoms with Crippen molar-refractivity contribution in [3.05, 3.63) is 17.2 Å². The van der Waals surface area contributed by atoms with Crippen molar-refractivity contribution in [3.63, 3.8) is 0 Å². The summed E-state index contributed by atoms with van der Waals surface area (Å²) in [6, 6.07) is 2.00. The van der Waals surface area contributed by atoms with Crippen LogP contribution < -0.4 is 15.4 Å². The second kappa shape index (κ2) is 8.29. The first kappa shape index (κ1) is 21.8. The highest BCUT2D eigenvalue weighted by Gasteiger charge is 2.35. The number of hydrogen-bond acceptors (Lipinski definition) is 6. The Morgan fingerprint density at radius 3 is 2.55 bits per heavy atom. The van der Waals surface area contributed by atoms with E-state index in [4.69, 9.17) is 16.3 Å². The Bertz CT molecular complexity index is 1030. The molecule has 2 fully saturated rings. The van der Waals surface area contributed by atoms with Crippen LogP contribution in [-0.2, 0) is 24.4 Å². The second-order valence-electron chi connectivity index (χ2n) is 7.85. The van der Waals surface area contributed by atoms with Gasteiger partial charge in [0, 0.05) is 38.2 Å². The van der Waals surface area contributed by atoms with Crippen LogP contribution in [0.4, 0.5) is 5.69 Å². The number of nitrogens with one attached hydrogen (secondary N) is 2. The van der Waals surface area contributed by atoms with E-state index in [0.29, 0.717) is 5.69 Å². The molecule has 0 bridgehead atoms. The van der Waals surface area contributed by atoms with E-state index < -0.39 is 16.1 Å². The molecule has 1 saturated heterocycles. The fraction of sp³-hybridized carbons (Fsp3) is 0.526. The SMILES string of the molecule is C[C@H](NC(=O)C1CC1)C(=O)N1CCN(S(=O)(=O)c2cc3c(cc2Cl)NC(=O)CO3)CC1. The number of fused-ring (bicyclic) bond motifs is 1. The molecule has 0 unspecified atom stereocenters. The predicted molar refractivity (Wildman–Crippen MR) is 111 cm³/mol. The molecule has 3 aliphatic rings. The lowest BCUT2D eigenvalue weighted by atomic mass is 10.2. The van der Waals surface area contributed by atoms with Gasteiger partial charge in [-0.15, -0.1) is 0 Å². The molecule has 1 aliphatic carbocycles. The highest BCUT2D eigenvalue weighted by atomic mass is 35.5. The molecule has 4 rings (SSSR count). The summed E-state index contributed by atoms with van der Waals surface area (Å²) in [6.45, 7) is 2.04. The van der Waals surface area contributed by atoms with Crippen molar-refractivity contribution in [1.29, 1.82) is 0 Å². The summed E-state index contributed by atoms with van der Waals surface area (Å²) >= 11 is 6.19. The fourth-order valence-corrected chi connectivity index (χ4v) is 5.52. The number of hydrogen-bond donors (Lipinski definition) is 2. The number of rotatable bonds is 5. The van der Waals surface area contributed by atoms with E-state index in [1.54, 1.807) is 11.8 Å². The van der Waals surface area contributed by atoms with Gasteiger partial charge in [0.1, 0.15) is 16.7 Å². The van der Waals surface area contributed by atoms with E-state index in [0.717, 1.165) is 12.8 Å². The summed E-state index contributed by atoms with van der Waals surface area (Å²) in [7, 11) is -3.93. The Kier molecular flexibility index (Phi) is 5.84. The van der Waals surface area contributed by atoms with Crippen molar-refractivity contribution in [3.8, 4) is 5.75 Å². The Balaban J connectivity index is 1.41. The van der Waals surface area contributed by atoms with Crippen molar-refractivity contribution in [1.82, 2.24) is 14.5 Å². The van der Waals surface area contributed by atoms with Crippen molar-refractivity contribution in [2.24, 2.45) is 5.92 Å². The lowest BCUT2D eigenvalue weighted by Gasteiger charge is -2.35. The van der Waals surface area contributed by atoms with E-state index in [-0.39, 0.29) is 72.1 Å². The zero-order valence-corrected chi connectivity index (χ0v) is 18.5. The minimum atomic E-state index is -3.93. The Labute approximate surface area is 184 Å². The standard InChI is InChI=1S/C19H23ClN4O6S/c1-11(21-18(26)12-2-3-12)19(27)23-4-6-24(7-5-23)31(28,29)16-9-15-14(8-13(16)20)22-17(25)10-30-15/h8-9,11-12H,2-7,10H2,1H3,(H,21,26)(H,22,25)/t11-/m0/s1. The summed E-state index contributed by atoms with van der Waals surface area (Å²) in [5, 5.41) is 5.28. The van der Waals surface area contributed by atoms with Crippen molar-refractivity contribution < 1.29 is 27.5 Å². The van der Waals surface area contributed by atoms with Crippen LogP contribution in [0.15, 0.2) is 17.0 Å². The zero-order valence-electron chi connectivity index (χ0n) is 16.9. The number of carbonyl (C=O) groups excluding carboxylic acids is 3. The number of halogens is 1. The maximum Gasteiger partial charge on any atom is 0.262 e. The summed E-state index contributed by atoms with van der Waals surface area (Å²) in [5.41, 5.74) is 0.317. The van der Waals surface area contributed by atoms with Gasteiger partial charge >= 0.3 is 0 Å². The van der Waals surface area contributed by atoms with Crippen molar-refractivity contribution in [2.45, 2.75) is 30.7 Å². The number of carbonyl (C=O) groups is 3. The molecule has 3 amide bonds. The number of sulfonamides is 1. The van der Waals surface area contributed by atoms with Crippen LogP contribution in [0.25, 0.3) is 0 Å². The van der Waals surface area contributed by atoms with Crippen LogP contribution in [-0.4, -0.2) is 74.2 Å². The van der Waals surface area contributed by atoms with Crippen LogP contribution in [0.5, 0.6) is 5.75 Å². The van der Waals surface area contributed by atoms with Crippen LogP contribution in [0.3, 0.4) is 0 Å². The van der Waals surface area contributed by atoms with Gasteiger partial charge in [-0.1, -0.05) is 11.6 Å². The third kappa shape index (κ3) is 4.48. The van der Waals surface area contributed by atoms with E-state index in [9.17, 15) is 22.8 Å². The third-order valence-electron chi connectivity index (χ3n) is 5.51. The lowest BCUT2D eigenvalue weighted by Crippen LogP contribution is -2.55. The monoisotopic (exact) mass is 470 g/mol. The second-order valence-corrected chi connectivity index (χ2v) is 10.2. The Hall–Kier alpha value is -2.37. The van der Waals surface area contributed by atoms with Crippen molar-refractivity contribution in [2.75, 3.05) is 38.1 Å². The number of anilines is 1. The van der Waals surface area contributed by atoms with Crippen LogP contribution >= 0.6 is 11.6 Å². The number of nitrogens with zero attached hydrogens (tertiary/aromatic N) is 2. The first-order chi connectivity index (χ1) is 14.7. The molecule has 2 aliphatic heterocycles. The first-order valence-electron chi connectivity index (χ1n) is 10.0. The maximum absolute atomic E-state index is 13.1. The van der Waals surface area contributed by atoms with Gasteiger partial charge in [0.25, 0.3) is 5.91 Å². The molecule has 0 radical (unpaired) electrons. The molecule has 10 nitrogen and oxygen atoms in total. The average Bonchev–Trinajstić information content (AvgIpc) is 3.58. The molecular weight excluding hydrogens is 448 g/mol. The minimum absolute atomic E-state index is 0.0101. The summed E-state index contributed by atoms with van der Waals surface area (Å²) in [6.07, 6.45) is 1.71. The van der Waals surface area contributed by atoms with Gasteiger partial charge in [0.05, 0.1) is 10.7 Å². The van der Waals surface area contributed by atoms with Gasteiger partial charge in [-0.3, -0.25) is 14.4 Å². The third-order valence-corrected chi connectivity index (χ3v) is 7.88. The molecule has 0 spiro atoms. The molecule has 1 aromatic rings. The van der Waals surface area contributed by atoms with Gasteiger partial charge in [0.15, 0.2) is 6.61 Å². The number of amides is 3. The predicted octanol–water partition coefficient (Wildman–Crippen LogP) is 0.419. The van der Waals surface area contributed by atoms with Gasteiger partial charge in [-0.25, -0.2) is 8.42 Å². The van der Waals surface area contributed by atoms with Gasteiger partial charge in [0.2, 0.25) is 21.8 Å². The van der Waals surface area contributed by atoms with Crippen LogP contribution in [0, 0.1) is 5.92 Å². The zero-order chi connectivity index (χ0) is 22.3. The molecule has 2 heterocycles.